The van der Waals surface area contributed by atoms with Crippen LogP contribution < -0.4 is 5.49 Å². The SMILES string of the molecule is Cc1ccc(Cn2ccccc2=NC(=O)Cc2csc(-c3cccnc3)n2)cc1. The van der Waals surface area contributed by atoms with Gasteiger partial charge in [0.15, 0.2) is 0 Å². The fourth-order valence-electron chi connectivity index (χ4n) is 2.92. The molecule has 4 rings (SSSR count). The summed E-state index contributed by atoms with van der Waals surface area (Å²) in [5.74, 6) is -0.211. The molecule has 3 heterocycles. The predicted octanol–water partition coefficient (Wildman–Crippen LogP) is 4.03. The number of aromatic nitrogens is 3. The van der Waals surface area contributed by atoms with Gasteiger partial charge in [0.25, 0.3) is 5.91 Å². The van der Waals surface area contributed by atoms with Gasteiger partial charge in [0.1, 0.15) is 10.5 Å². The van der Waals surface area contributed by atoms with E-state index in [-0.39, 0.29) is 12.3 Å². The maximum Gasteiger partial charge on any atom is 0.253 e. The Morgan fingerprint density at radius 3 is 2.76 bits per heavy atom. The van der Waals surface area contributed by atoms with E-state index in [1.807, 2.05) is 46.5 Å². The highest BCUT2D eigenvalue weighted by Gasteiger charge is 2.09. The summed E-state index contributed by atoms with van der Waals surface area (Å²) < 4.78 is 1.98. The molecule has 0 saturated heterocycles. The van der Waals surface area contributed by atoms with Crippen molar-refractivity contribution >= 4 is 17.2 Å². The smallest absolute Gasteiger partial charge is 0.253 e. The van der Waals surface area contributed by atoms with Gasteiger partial charge in [-0.1, -0.05) is 35.9 Å². The molecule has 5 nitrogen and oxygen atoms in total. The van der Waals surface area contributed by atoms with Crippen LogP contribution in [-0.4, -0.2) is 20.4 Å². The van der Waals surface area contributed by atoms with Gasteiger partial charge in [-0.25, -0.2) is 4.98 Å². The molecule has 0 unspecified atom stereocenters. The largest absolute Gasteiger partial charge is 0.328 e. The minimum Gasteiger partial charge on any atom is -0.328 e. The van der Waals surface area contributed by atoms with E-state index < -0.39 is 0 Å². The molecule has 0 aliphatic carbocycles. The maximum atomic E-state index is 12.5. The zero-order valence-corrected chi connectivity index (χ0v) is 16.8. The highest BCUT2D eigenvalue weighted by atomic mass is 32.1. The highest BCUT2D eigenvalue weighted by molar-refractivity contribution is 7.13. The average Bonchev–Trinajstić information content (AvgIpc) is 3.20. The lowest BCUT2D eigenvalue weighted by atomic mass is 10.1. The van der Waals surface area contributed by atoms with Crippen molar-refractivity contribution in [1.82, 2.24) is 14.5 Å². The zero-order valence-electron chi connectivity index (χ0n) is 16.0. The molecule has 0 spiro atoms. The number of hydrogen-bond acceptors (Lipinski definition) is 4. The van der Waals surface area contributed by atoms with Crippen LogP contribution in [0.25, 0.3) is 10.6 Å². The van der Waals surface area contributed by atoms with Crippen LogP contribution in [0.15, 0.2) is 83.6 Å². The number of rotatable bonds is 5. The molecule has 0 N–H and O–H groups in total. The van der Waals surface area contributed by atoms with Crippen molar-refractivity contribution in [1.29, 1.82) is 0 Å². The second-order valence-electron chi connectivity index (χ2n) is 6.74. The van der Waals surface area contributed by atoms with E-state index in [1.165, 1.54) is 16.9 Å². The first-order chi connectivity index (χ1) is 14.2. The molecule has 0 saturated carbocycles. The van der Waals surface area contributed by atoms with Crippen LogP contribution >= 0.6 is 11.3 Å². The molecule has 0 radical (unpaired) electrons. The predicted molar refractivity (Wildman–Crippen MR) is 114 cm³/mol. The van der Waals surface area contributed by atoms with Gasteiger partial charge in [0.2, 0.25) is 0 Å². The number of amides is 1. The molecule has 1 aromatic carbocycles. The Labute approximate surface area is 173 Å². The molecule has 4 aromatic rings. The van der Waals surface area contributed by atoms with Crippen molar-refractivity contribution in [2.24, 2.45) is 4.99 Å². The summed E-state index contributed by atoms with van der Waals surface area (Å²) in [7, 11) is 0. The van der Waals surface area contributed by atoms with E-state index in [0.29, 0.717) is 12.0 Å². The second-order valence-corrected chi connectivity index (χ2v) is 7.60. The van der Waals surface area contributed by atoms with Crippen LogP contribution in [0, 0.1) is 6.92 Å². The van der Waals surface area contributed by atoms with Crippen LogP contribution in [0.4, 0.5) is 0 Å². The minimum absolute atomic E-state index is 0.177. The average molecular weight is 401 g/mol. The first-order valence-electron chi connectivity index (χ1n) is 9.31. The summed E-state index contributed by atoms with van der Waals surface area (Å²) >= 11 is 1.51. The van der Waals surface area contributed by atoms with E-state index in [9.17, 15) is 4.79 Å². The number of benzene rings is 1. The summed E-state index contributed by atoms with van der Waals surface area (Å²) in [6.45, 7) is 2.73. The first kappa shape index (κ1) is 19.0. The molecule has 6 heteroatoms. The standard InChI is InChI=1S/C23H20N4OS/c1-17-7-9-18(10-8-17)15-27-12-3-2-6-21(27)26-22(28)13-20-16-29-23(25-20)19-5-4-11-24-14-19/h2-12,14,16H,13,15H2,1H3. The molecular weight excluding hydrogens is 380 g/mol. The van der Waals surface area contributed by atoms with Crippen molar-refractivity contribution in [3.8, 4) is 10.6 Å². The Hall–Kier alpha value is -3.38. The van der Waals surface area contributed by atoms with Crippen molar-refractivity contribution in [3.05, 3.63) is 101 Å². The first-order valence-corrected chi connectivity index (χ1v) is 10.2. The minimum atomic E-state index is -0.211. The van der Waals surface area contributed by atoms with Crippen molar-refractivity contribution in [3.63, 3.8) is 0 Å². The quantitative estimate of drug-likeness (QED) is 0.508. The number of thiazole rings is 1. The van der Waals surface area contributed by atoms with Crippen LogP contribution in [0.3, 0.4) is 0 Å². The molecule has 0 aliphatic rings. The highest BCUT2D eigenvalue weighted by Crippen LogP contribution is 2.22. The fraction of sp³-hybridized carbons (Fsp3) is 0.130. The van der Waals surface area contributed by atoms with Gasteiger partial charge in [0, 0.05) is 36.1 Å². The lowest BCUT2D eigenvalue weighted by Gasteiger charge is -2.07. The van der Waals surface area contributed by atoms with Gasteiger partial charge >= 0.3 is 0 Å². The Bertz CT molecular complexity index is 1180. The third-order valence-corrected chi connectivity index (χ3v) is 5.36. The molecule has 0 aliphatic heterocycles. The Kier molecular flexibility index (Phi) is 5.72. The molecule has 29 heavy (non-hydrogen) atoms. The van der Waals surface area contributed by atoms with Crippen molar-refractivity contribution in [2.45, 2.75) is 19.9 Å². The molecule has 1 amide bonds. The number of nitrogens with zero attached hydrogens (tertiary/aromatic N) is 4. The van der Waals surface area contributed by atoms with Crippen LogP contribution in [-0.2, 0) is 17.8 Å². The third-order valence-electron chi connectivity index (χ3n) is 4.42. The topological polar surface area (TPSA) is 60.1 Å². The van der Waals surface area contributed by atoms with E-state index in [4.69, 9.17) is 0 Å². The summed E-state index contributed by atoms with van der Waals surface area (Å²) in [6, 6.07) is 17.9. The molecule has 0 fully saturated rings. The van der Waals surface area contributed by atoms with Crippen molar-refractivity contribution < 1.29 is 4.79 Å². The third kappa shape index (κ3) is 4.92. The molecule has 3 aromatic heterocycles. The Balaban J connectivity index is 1.52. The van der Waals surface area contributed by atoms with Gasteiger partial charge in [-0.05, 0) is 36.8 Å². The van der Waals surface area contributed by atoms with Gasteiger partial charge < -0.3 is 4.57 Å². The summed E-state index contributed by atoms with van der Waals surface area (Å²) in [6.07, 6.45) is 5.62. The van der Waals surface area contributed by atoms with Gasteiger partial charge in [-0.2, -0.15) is 4.99 Å². The normalized spacial score (nSPS) is 11.6. The maximum absolute atomic E-state index is 12.5. The van der Waals surface area contributed by atoms with Gasteiger partial charge in [-0.3, -0.25) is 9.78 Å². The number of hydrogen-bond donors (Lipinski definition) is 0. The molecular formula is C23H20N4OS. The van der Waals surface area contributed by atoms with Crippen LogP contribution in [0.2, 0.25) is 0 Å². The van der Waals surface area contributed by atoms with E-state index >= 15 is 0 Å². The van der Waals surface area contributed by atoms with E-state index in [2.05, 4.69) is 46.1 Å². The van der Waals surface area contributed by atoms with E-state index in [0.717, 1.165) is 21.8 Å². The fourth-order valence-corrected chi connectivity index (χ4v) is 3.74. The molecule has 0 bridgehead atoms. The Morgan fingerprint density at radius 2 is 1.97 bits per heavy atom. The lowest BCUT2D eigenvalue weighted by molar-refractivity contribution is -0.117. The number of aryl methyl sites for hydroxylation is 1. The van der Waals surface area contributed by atoms with E-state index in [1.54, 1.807) is 12.4 Å². The lowest BCUT2D eigenvalue weighted by Crippen LogP contribution is -2.22. The van der Waals surface area contributed by atoms with Gasteiger partial charge in [0.05, 0.1) is 12.1 Å². The zero-order chi connectivity index (χ0) is 20.1. The second kappa shape index (κ2) is 8.75. The number of carbonyl (C=O) groups is 1. The Morgan fingerprint density at radius 1 is 1.10 bits per heavy atom. The number of carbonyl (C=O) groups excluding carboxylic acids is 1. The summed E-state index contributed by atoms with van der Waals surface area (Å²) in [4.78, 5) is 25.5. The number of pyridine rings is 2. The molecule has 144 valence electrons. The van der Waals surface area contributed by atoms with Crippen LogP contribution in [0.5, 0.6) is 0 Å². The molecule has 0 atom stereocenters. The van der Waals surface area contributed by atoms with Crippen LogP contribution in [0.1, 0.15) is 16.8 Å². The summed E-state index contributed by atoms with van der Waals surface area (Å²) in [5.41, 5.74) is 4.70. The van der Waals surface area contributed by atoms with Crippen molar-refractivity contribution in [2.75, 3.05) is 0 Å². The van der Waals surface area contributed by atoms with Gasteiger partial charge in [-0.15, -0.1) is 11.3 Å². The monoisotopic (exact) mass is 400 g/mol. The summed E-state index contributed by atoms with van der Waals surface area (Å²) in [5, 5.41) is 2.76.